The van der Waals surface area contributed by atoms with Crippen molar-refractivity contribution < 1.29 is 38.9 Å². The lowest BCUT2D eigenvalue weighted by Crippen LogP contribution is -2.63. The number of nitrogens with one attached hydrogen (secondary N) is 3. The van der Waals surface area contributed by atoms with Crippen LogP contribution in [-0.2, 0) is 25.6 Å². The molecule has 2 aromatic carbocycles. The van der Waals surface area contributed by atoms with Gasteiger partial charge in [0.1, 0.15) is 30.0 Å². The van der Waals surface area contributed by atoms with Crippen LogP contribution in [0, 0.1) is 11.8 Å². The summed E-state index contributed by atoms with van der Waals surface area (Å²) in [5.41, 5.74) is 0.695. The Kier molecular flexibility index (Phi) is 10.6. The van der Waals surface area contributed by atoms with Gasteiger partial charge in [-0.1, -0.05) is 70.2 Å². The molecule has 0 aromatic heterocycles. The topological polar surface area (TPSA) is 171 Å². The van der Waals surface area contributed by atoms with E-state index in [0.717, 1.165) is 0 Å². The van der Waals surface area contributed by atoms with Gasteiger partial charge in [-0.3, -0.25) is 19.2 Å². The Morgan fingerprint density at radius 2 is 1.59 bits per heavy atom. The standard InChI is InChI=1S/C30H37N3O8/c1-16(2)14-22(34)27(36)33-24-26(17(3)4)41-20-12-10-18(11-13-20)15-21(30(39)40)31-28(37)23(32-29(24)38)25(35)19-8-6-5-7-9-19/h5-13,16-17,21-24,26,34H,14-15H2,1-4H3,(H,31,37)(H,32,38)(H,33,36)(H,39,40)/t21-,22?,23+,24-,26-/m0/s1. The second-order valence-electron chi connectivity index (χ2n) is 10.9. The fraction of sp³-hybridized carbons (Fsp3) is 0.433. The Balaban J connectivity index is 2.09. The van der Waals surface area contributed by atoms with Gasteiger partial charge in [0.2, 0.25) is 11.8 Å². The zero-order chi connectivity index (χ0) is 30.3. The summed E-state index contributed by atoms with van der Waals surface area (Å²) in [5, 5.41) is 27.6. The molecule has 0 radical (unpaired) electrons. The highest BCUT2D eigenvalue weighted by molar-refractivity contribution is 6.15. The van der Waals surface area contributed by atoms with Crippen molar-refractivity contribution in [3.05, 3.63) is 65.7 Å². The van der Waals surface area contributed by atoms with Crippen molar-refractivity contribution >= 4 is 29.5 Å². The van der Waals surface area contributed by atoms with Crippen LogP contribution in [0.3, 0.4) is 0 Å². The lowest BCUT2D eigenvalue weighted by atomic mass is 9.96. The Bertz CT molecular complexity index is 1250. The molecule has 2 aliphatic heterocycles. The molecule has 2 heterocycles. The first-order chi connectivity index (χ1) is 19.4. The highest BCUT2D eigenvalue weighted by atomic mass is 16.5. The third-order valence-electron chi connectivity index (χ3n) is 6.68. The fourth-order valence-corrected chi connectivity index (χ4v) is 4.49. The molecule has 5 atom stereocenters. The molecule has 0 fully saturated rings. The SMILES string of the molecule is CC(C)CC(O)C(=O)N[C@@H]1C(=O)N[C@H](C(=O)c2ccccc2)C(=O)N[C@H](C(=O)O)Cc2ccc(cc2)O[C@H]1C(C)C. The van der Waals surface area contributed by atoms with E-state index in [-0.39, 0.29) is 30.2 Å². The largest absolute Gasteiger partial charge is 0.487 e. The first-order valence-corrected chi connectivity index (χ1v) is 13.5. The molecule has 3 amide bonds. The van der Waals surface area contributed by atoms with E-state index in [1.54, 1.807) is 56.3 Å². The highest BCUT2D eigenvalue weighted by Gasteiger charge is 2.40. The number of rotatable bonds is 8. The molecule has 41 heavy (non-hydrogen) atoms. The number of aliphatic hydroxyl groups excluding tert-OH is 1. The summed E-state index contributed by atoms with van der Waals surface area (Å²) in [5.74, 6) is -4.87. The number of hydrogen-bond acceptors (Lipinski definition) is 7. The Morgan fingerprint density at radius 3 is 2.15 bits per heavy atom. The second-order valence-corrected chi connectivity index (χ2v) is 10.9. The van der Waals surface area contributed by atoms with Crippen LogP contribution in [0.25, 0.3) is 0 Å². The van der Waals surface area contributed by atoms with E-state index in [1.807, 2.05) is 13.8 Å². The molecule has 220 valence electrons. The normalized spacial score (nSPS) is 22.2. The molecular formula is C30H37N3O8. The molecule has 0 spiro atoms. The number of Topliss-reactive ketones (excluding diaryl/α,β-unsaturated/α-hetero) is 1. The summed E-state index contributed by atoms with van der Waals surface area (Å²) in [4.78, 5) is 65.7. The smallest absolute Gasteiger partial charge is 0.326 e. The number of fused-ring (bicyclic) bond motifs is 11. The number of carboxylic acids is 1. The van der Waals surface area contributed by atoms with Gasteiger partial charge in [0.05, 0.1) is 0 Å². The van der Waals surface area contributed by atoms with E-state index in [1.165, 1.54) is 12.1 Å². The first-order valence-electron chi connectivity index (χ1n) is 13.5. The van der Waals surface area contributed by atoms with Gasteiger partial charge >= 0.3 is 5.97 Å². The van der Waals surface area contributed by atoms with E-state index in [9.17, 15) is 34.2 Å². The van der Waals surface area contributed by atoms with Gasteiger partial charge in [-0.15, -0.1) is 0 Å². The average Bonchev–Trinajstić information content (AvgIpc) is 2.92. The molecule has 2 aromatic rings. The number of aliphatic carboxylic acids is 1. The van der Waals surface area contributed by atoms with Gasteiger partial charge in [-0.05, 0) is 36.0 Å². The zero-order valence-electron chi connectivity index (χ0n) is 23.5. The third kappa shape index (κ3) is 8.37. The molecule has 4 rings (SSSR count). The van der Waals surface area contributed by atoms with Crippen molar-refractivity contribution in [1.29, 1.82) is 0 Å². The van der Waals surface area contributed by atoms with Gasteiger partial charge in [-0.2, -0.15) is 0 Å². The molecule has 11 heteroatoms. The van der Waals surface area contributed by atoms with Gasteiger partial charge < -0.3 is 30.9 Å². The summed E-state index contributed by atoms with van der Waals surface area (Å²) in [6, 6.07) is 9.59. The number of hydrogen-bond donors (Lipinski definition) is 5. The van der Waals surface area contributed by atoms with Crippen molar-refractivity contribution in [3.8, 4) is 5.75 Å². The predicted molar refractivity (Wildman–Crippen MR) is 149 cm³/mol. The van der Waals surface area contributed by atoms with E-state index in [2.05, 4.69) is 16.0 Å². The van der Waals surface area contributed by atoms with Crippen molar-refractivity contribution in [2.24, 2.45) is 11.8 Å². The van der Waals surface area contributed by atoms with Gasteiger partial charge in [-0.25, -0.2) is 4.79 Å². The fourth-order valence-electron chi connectivity index (χ4n) is 4.49. The Hall–Kier alpha value is -4.25. The van der Waals surface area contributed by atoms with Crippen LogP contribution in [0.1, 0.15) is 50.0 Å². The number of aliphatic hydroxyl groups is 1. The zero-order valence-corrected chi connectivity index (χ0v) is 23.5. The molecule has 2 aliphatic rings. The molecule has 5 N–H and O–H groups in total. The number of carbonyl (C=O) groups excluding carboxylic acids is 4. The minimum absolute atomic E-state index is 0.0111. The third-order valence-corrected chi connectivity index (χ3v) is 6.68. The quantitative estimate of drug-likeness (QED) is 0.236. The van der Waals surface area contributed by atoms with E-state index in [4.69, 9.17) is 4.74 Å². The number of carbonyl (C=O) groups is 5. The molecule has 1 unspecified atom stereocenters. The molecule has 11 nitrogen and oxygen atoms in total. The van der Waals surface area contributed by atoms with Crippen molar-refractivity contribution in [3.63, 3.8) is 0 Å². The monoisotopic (exact) mass is 567 g/mol. The summed E-state index contributed by atoms with van der Waals surface area (Å²) in [6.07, 6.45) is -2.32. The van der Waals surface area contributed by atoms with E-state index in [0.29, 0.717) is 11.3 Å². The minimum atomic E-state index is -1.82. The number of ketones is 1. The highest BCUT2D eigenvalue weighted by Crippen LogP contribution is 2.21. The molecule has 0 saturated carbocycles. The number of amides is 3. The second kappa shape index (κ2) is 13.9. The lowest BCUT2D eigenvalue weighted by Gasteiger charge is -2.32. The number of ether oxygens (including phenoxy) is 1. The van der Waals surface area contributed by atoms with Crippen LogP contribution in [0.2, 0.25) is 0 Å². The summed E-state index contributed by atoms with van der Waals surface area (Å²) in [6.45, 7) is 7.21. The predicted octanol–water partition coefficient (Wildman–Crippen LogP) is 1.48. The molecule has 2 bridgehead atoms. The molecular weight excluding hydrogens is 530 g/mol. The lowest BCUT2D eigenvalue weighted by molar-refractivity contribution is -0.142. The van der Waals surface area contributed by atoms with E-state index < -0.39 is 59.8 Å². The van der Waals surface area contributed by atoms with Crippen molar-refractivity contribution in [2.75, 3.05) is 0 Å². The Labute approximate surface area is 238 Å². The maximum absolute atomic E-state index is 13.8. The van der Waals surface area contributed by atoms with Crippen LogP contribution >= 0.6 is 0 Å². The van der Waals surface area contributed by atoms with Gasteiger partial charge in [0.25, 0.3) is 5.91 Å². The molecule has 0 saturated heterocycles. The Morgan fingerprint density at radius 1 is 0.951 bits per heavy atom. The summed E-state index contributed by atoms with van der Waals surface area (Å²) >= 11 is 0. The summed E-state index contributed by atoms with van der Waals surface area (Å²) in [7, 11) is 0. The minimum Gasteiger partial charge on any atom is -0.487 e. The maximum Gasteiger partial charge on any atom is 0.326 e. The van der Waals surface area contributed by atoms with Crippen LogP contribution in [0.5, 0.6) is 5.75 Å². The summed E-state index contributed by atoms with van der Waals surface area (Å²) < 4.78 is 6.14. The van der Waals surface area contributed by atoms with Crippen LogP contribution in [0.15, 0.2) is 54.6 Å². The van der Waals surface area contributed by atoms with Crippen molar-refractivity contribution in [2.45, 2.75) is 70.9 Å². The molecule has 0 aliphatic carbocycles. The van der Waals surface area contributed by atoms with Gasteiger partial charge in [0.15, 0.2) is 11.8 Å². The van der Waals surface area contributed by atoms with E-state index >= 15 is 0 Å². The van der Waals surface area contributed by atoms with Crippen LogP contribution < -0.4 is 20.7 Å². The average molecular weight is 568 g/mol. The van der Waals surface area contributed by atoms with Gasteiger partial charge in [0, 0.05) is 12.0 Å². The first kappa shape index (κ1) is 31.3. The van der Waals surface area contributed by atoms with Crippen molar-refractivity contribution in [1.82, 2.24) is 16.0 Å². The maximum atomic E-state index is 13.8. The van der Waals surface area contributed by atoms with Crippen LogP contribution in [-0.4, -0.2) is 70.0 Å². The number of benzene rings is 2. The number of carboxylic acid groups (broad SMARTS) is 1. The van der Waals surface area contributed by atoms with Crippen LogP contribution in [0.4, 0.5) is 0 Å².